The van der Waals surface area contributed by atoms with E-state index in [-0.39, 0.29) is 11.3 Å². The normalized spacial score (nSPS) is 14.5. The molecule has 158 valence electrons. The molecule has 0 spiro atoms. The third-order valence-electron chi connectivity index (χ3n) is 5.23. The summed E-state index contributed by atoms with van der Waals surface area (Å²) in [6.45, 7) is 0.369. The van der Waals surface area contributed by atoms with Gasteiger partial charge in [-0.2, -0.15) is 0 Å². The predicted molar refractivity (Wildman–Crippen MR) is 111 cm³/mol. The molecule has 0 unspecified atom stereocenters. The lowest BCUT2D eigenvalue weighted by atomic mass is 10.0. The smallest absolute Gasteiger partial charge is 0.281 e. The fourth-order valence-electron chi connectivity index (χ4n) is 3.82. The van der Waals surface area contributed by atoms with Gasteiger partial charge in [0.2, 0.25) is 10.0 Å². The standard InChI is InChI=1S/C21H21FN2O5S/c1-23(26)21(25)19-16-11-14-5-3-4-10-24(30(2,27)28)17(14)12-18(16)29-20(19)13-6-8-15(22)9-7-13/h6-9,11-12,26H,3-5,10H2,1-2H3. The number of anilines is 1. The van der Waals surface area contributed by atoms with Gasteiger partial charge in [0.1, 0.15) is 17.2 Å². The Kier molecular flexibility index (Phi) is 5.03. The number of aryl methyl sites for hydroxylation is 1. The second-order valence-corrected chi connectivity index (χ2v) is 9.32. The molecular weight excluding hydrogens is 411 g/mol. The summed E-state index contributed by atoms with van der Waals surface area (Å²) in [6, 6.07) is 8.84. The molecule has 1 aliphatic rings. The van der Waals surface area contributed by atoms with Gasteiger partial charge < -0.3 is 4.42 Å². The van der Waals surface area contributed by atoms with E-state index in [2.05, 4.69) is 0 Å². The molecule has 1 aliphatic heterocycles. The summed E-state index contributed by atoms with van der Waals surface area (Å²) < 4.78 is 45.4. The lowest BCUT2D eigenvalue weighted by Crippen LogP contribution is -2.30. The van der Waals surface area contributed by atoms with E-state index in [9.17, 15) is 22.8 Å². The molecule has 1 aromatic heterocycles. The number of carbonyl (C=O) groups excluding carboxylic acids is 1. The Bertz CT molecular complexity index is 1230. The maximum Gasteiger partial charge on any atom is 0.281 e. The summed E-state index contributed by atoms with van der Waals surface area (Å²) in [5.74, 6) is -0.930. The maximum atomic E-state index is 13.4. The number of halogens is 1. The van der Waals surface area contributed by atoms with Crippen LogP contribution in [0.4, 0.5) is 10.1 Å². The number of nitrogens with zero attached hydrogens (tertiary/aromatic N) is 2. The molecule has 0 saturated heterocycles. The van der Waals surface area contributed by atoms with E-state index in [0.29, 0.717) is 40.2 Å². The molecule has 0 atom stereocenters. The fraction of sp³-hybridized carbons (Fsp3) is 0.286. The molecule has 1 amide bonds. The lowest BCUT2D eigenvalue weighted by Gasteiger charge is -2.22. The van der Waals surface area contributed by atoms with Crippen LogP contribution in [0.3, 0.4) is 0 Å². The number of rotatable bonds is 3. The van der Waals surface area contributed by atoms with E-state index in [1.54, 1.807) is 12.1 Å². The molecule has 4 rings (SSSR count). The Labute approximate surface area is 173 Å². The summed E-state index contributed by atoms with van der Waals surface area (Å²) in [6.07, 6.45) is 3.33. The first-order valence-electron chi connectivity index (χ1n) is 9.47. The number of benzene rings is 2. The molecule has 0 fully saturated rings. The van der Waals surface area contributed by atoms with Crippen LogP contribution in [0, 0.1) is 5.82 Å². The number of hydrogen-bond donors (Lipinski definition) is 1. The SMILES string of the molecule is CN(O)C(=O)c1c(-c2ccc(F)cc2)oc2cc3c(cc12)CCCCN3S(C)(=O)=O. The van der Waals surface area contributed by atoms with Crippen LogP contribution in [0.5, 0.6) is 0 Å². The van der Waals surface area contributed by atoms with E-state index in [0.717, 1.165) is 24.7 Å². The zero-order valence-electron chi connectivity index (χ0n) is 16.6. The van der Waals surface area contributed by atoms with Gasteiger partial charge in [0.05, 0.1) is 17.5 Å². The van der Waals surface area contributed by atoms with Crippen molar-refractivity contribution in [1.29, 1.82) is 0 Å². The number of sulfonamides is 1. The molecule has 0 saturated carbocycles. The number of hydrogen-bond acceptors (Lipinski definition) is 5. The summed E-state index contributed by atoms with van der Waals surface area (Å²) in [4.78, 5) is 12.8. The van der Waals surface area contributed by atoms with E-state index in [1.165, 1.54) is 35.6 Å². The van der Waals surface area contributed by atoms with Crippen molar-refractivity contribution in [2.75, 3.05) is 24.2 Å². The number of carbonyl (C=O) groups is 1. The van der Waals surface area contributed by atoms with Gasteiger partial charge >= 0.3 is 0 Å². The van der Waals surface area contributed by atoms with Crippen molar-refractivity contribution in [3.8, 4) is 11.3 Å². The lowest BCUT2D eigenvalue weighted by molar-refractivity contribution is -0.0373. The second-order valence-electron chi connectivity index (χ2n) is 7.41. The van der Waals surface area contributed by atoms with Gasteiger partial charge in [0.25, 0.3) is 5.91 Å². The van der Waals surface area contributed by atoms with Crippen LogP contribution in [0.25, 0.3) is 22.3 Å². The largest absolute Gasteiger partial charge is 0.455 e. The summed E-state index contributed by atoms with van der Waals surface area (Å²) >= 11 is 0. The van der Waals surface area contributed by atoms with Gasteiger partial charge in [-0.3, -0.25) is 14.3 Å². The Morgan fingerprint density at radius 1 is 1.20 bits per heavy atom. The first-order valence-corrected chi connectivity index (χ1v) is 11.3. The van der Waals surface area contributed by atoms with Gasteiger partial charge in [0, 0.05) is 30.6 Å². The quantitative estimate of drug-likeness (QED) is 0.502. The number of furan rings is 1. The average molecular weight is 432 g/mol. The minimum absolute atomic E-state index is 0.138. The minimum atomic E-state index is -3.49. The zero-order chi connectivity index (χ0) is 21.6. The molecule has 7 nitrogen and oxygen atoms in total. The molecule has 0 bridgehead atoms. The van der Waals surface area contributed by atoms with Crippen LogP contribution in [0.15, 0.2) is 40.8 Å². The van der Waals surface area contributed by atoms with E-state index in [4.69, 9.17) is 4.42 Å². The summed E-state index contributed by atoms with van der Waals surface area (Å²) in [5.41, 5.74) is 2.23. The Morgan fingerprint density at radius 3 is 2.53 bits per heavy atom. The number of hydroxylamine groups is 2. The molecule has 0 aliphatic carbocycles. The van der Waals surface area contributed by atoms with Crippen molar-refractivity contribution in [3.63, 3.8) is 0 Å². The number of fused-ring (bicyclic) bond motifs is 2. The first kappa shape index (κ1) is 20.4. The molecule has 9 heteroatoms. The van der Waals surface area contributed by atoms with Crippen molar-refractivity contribution in [2.45, 2.75) is 19.3 Å². The van der Waals surface area contributed by atoms with Gasteiger partial charge in [-0.25, -0.2) is 17.9 Å². The van der Waals surface area contributed by atoms with Crippen LogP contribution in [0.1, 0.15) is 28.8 Å². The van der Waals surface area contributed by atoms with Gasteiger partial charge in [-0.15, -0.1) is 0 Å². The number of amides is 1. The highest BCUT2D eigenvalue weighted by atomic mass is 32.2. The van der Waals surface area contributed by atoms with Crippen LogP contribution in [-0.2, 0) is 16.4 Å². The van der Waals surface area contributed by atoms with Crippen LogP contribution >= 0.6 is 0 Å². The Hall–Kier alpha value is -2.91. The van der Waals surface area contributed by atoms with E-state index < -0.39 is 21.7 Å². The van der Waals surface area contributed by atoms with Gasteiger partial charge in [-0.05, 0) is 55.2 Å². The maximum absolute atomic E-state index is 13.4. The highest BCUT2D eigenvalue weighted by Gasteiger charge is 2.28. The third kappa shape index (κ3) is 3.54. The van der Waals surface area contributed by atoms with Crippen LogP contribution < -0.4 is 4.31 Å². The molecular formula is C21H21FN2O5S. The average Bonchev–Trinajstić information content (AvgIpc) is 2.90. The molecule has 2 aromatic carbocycles. The third-order valence-corrected chi connectivity index (χ3v) is 6.41. The minimum Gasteiger partial charge on any atom is -0.455 e. The van der Waals surface area contributed by atoms with Gasteiger partial charge in [-0.1, -0.05) is 0 Å². The highest BCUT2D eigenvalue weighted by Crippen LogP contribution is 2.39. The summed E-state index contributed by atoms with van der Waals surface area (Å²) in [5, 5.41) is 10.7. The fourth-order valence-corrected chi connectivity index (χ4v) is 4.81. The summed E-state index contributed by atoms with van der Waals surface area (Å²) in [7, 11) is -2.27. The van der Waals surface area contributed by atoms with Gasteiger partial charge in [0.15, 0.2) is 0 Å². The van der Waals surface area contributed by atoms with Crippen LogP contribution in [0.2, 0.25) is 0 Å². The molecule has 3 aromatic rings. The topological polar surface area (TPSA) is 91.1 Å². The Balaban J connectivity index is 2.01. The molecule has 1 N–H and O–H groups in total. The Morgan fingerprint density at radius 2 is 1.90 bits per heavy atom. The first-order chi connectivity index (χ1) is 14.2. The van der Waals surface area contributed by atoms with Crippen molar-refractivity contribution in [3.05, 3.63) is 53.3 Å². The second kappa shape index (κ2) is 7.41. The molecule has 30 heavy (non-hydrogen) atoms. The van der Waals surface area contributed by atoms with Crippen LogP contribution in [-0.4, -0.2) is 44.4 Å². The predicted octanol–water partition coefficient (Wildman–Crippen LogP) is 3.80. The van der Waals surface area contributed by atoms with Crippen molar-refractivity contribution < 1.29 is 27.2 Å². The van der Waals surface area contributed by atoms with Crippen molar-refractivity contribution in [1.82, 2.24) is 5.06 Å². The van der Waals surface area contributed by atoms with E-state index >= 15 is 0 Å². The highest BCUT2D eigenvalue weighted by molar-refractivity contribution is 7.92. The van der Waals surface area contributed by atoms with E-state index in [1.807, 2.05) is 0 Å². The zero-order valence-corrected chi connectivity index (χ0v) is 17.4. The van der Waals surface area contributed by atoms with Crippen molar-refractivity contribution >= 4 is 32.6 Å². The molecule has 2 heterocycles. The molecule has 0 radical (unpaired) electrons. The van der Waals surface area contributed by atoms with Crippen molar-refractivity contribution in [2.24, 2.45) is 0 Å². The monoisotopic (exact) mass is 432 g/mol.